The minimum absolute atomic E-state index is 0.293. The third kappa shape index (κ3) is 3.20. The largest absolute Gasteiger partial charge is 0.342 e. The molecule has 3 heterocycles. The Morgan fingerprint density at radius 1 is 1.35 bits per heavy atom. The Hall–Kier alpha value is -1.36. The molecule has 2 unspecified atom stereocenters. The highest BCUT2D eigenvalue weighted by molar-refractivity contribution is 5.76. The fourth-order valence-electron chi connectivity index (χ4n) is 3.48. The molecule has 5 nitrogen and oxygen atoms in total. The number of aromatic nitrogens is 2. The maximum Gasteiger partial charge on any atom is 0.224 e. The van der Waals surface area contributed by atoms with Gasteiger partial charge in [-0.1, -0.05) is 0 Å². The molecule has 20 heavy (non-hydrogen) atoms. The van der Waals surface area contributed by atoms with Gasteiger partial charge in [0.2, 0.25) is 5.91 Å². The van der Waals surface area contributed by atoms with Crippen LogP contribution in [0.3, 0.4) is 0 Å². The molecule has 1 N–H and O–H groups in total. The molecule has 1 aromatic rings. The van der Waals surface area contributed by atoms with Crippen molar-refractivity contribution in [2.24, 2.45) is 5.92 Å². The van der Waals surface area contributed by atoms with Gasteiger partial charge in [0.05, 0.1) is 6.33 Å². The number of carbonyl (C=O) groups excluding carboxylic acids is 1. The zero-order chi connectivity index (χ0) is 13.8. The van der Waals surface area contributed by atoms with Crippen molar-refractivity contribution in [3.8, 4) is 0 Å². The van der Waals surface area contributed by atoms with Crippen molar-refractivity contribution in [1.29, 1.82) is 0 Å². The lowest BCUT2D eigenvalue weighted by molar-refractivity contribution is -0.133. The van der Waals surface area contributed by atoms with Crippen LogP contribution in [0.5, 0.6) is 0 Å². The number of nitrogens with zero attached hydrogens (tertiary/aromatic N) is 3. The molecule has 2 aliphatic heterocycles. The van der Waals surface area contributed by atoms with E-state index in [0.717, 1.165) is 32.6 Å². The summed E-state index contributed by atoms with van der Waals surface area (Å²) in [7, 11) is 0. The molecule has 110 valence electrons. The van der Waals surface area contributed by atoms with Crippen LogP contribution in [0.4, 0.5) is 0 Å². The second-order valence-electron chi connectivity index (χ2n) is 6.00. The lowest BCUT2D eigenvalue weighted by Gasteiger charge is -2.36. The van der Waals surface area contributed by atoms with Gasteiger partial charge in [-0.15, -0.1) is 0 Å². The van der Waals surface area contributed by atoms with E-state index in [4.69, 9.17) is 0 Å². The molecule has 0 radical (unpaired) electrons. The summed E-state index contributed by atoms with van der Waals surface area (Å²) in [5.41, 5.74) is 0. The molecule has 0 aliphatic carbocycles. The molecule has 1 aromatic heterocycles. The van der Waals surface area contributed by atoms with Crippen LogP contribution in [0.25, 0.3) is 0 Å². The van der Waals surface area contributed by atoms with E-state index in [-0.39, 0.29) is 0 Å². The lowest BCUT2D eigenvalue weighted by atomic mass is 9.89. The highest BCUT2D eigenvalue weighted by atomic mass is 16.2. The molecule has 0 spiro atoms. The van der Waals surface area contributed by atoms with Gasteiger partial charge in [-0.25, -0.2) is 4.98 Å². The summed E-state index contributed by atoms with van der Waals surface area (Å²) in [6.07, 6.45) is 11.0. The van der Waals surface area contributed by atoms with Crippen LogP contribution in [-0.2, 0) is 11.3 Å². The number of likely N-dealkylation sites (tertiary alicyclic amines) is 1. The maximum absolute atomic E-state index is 12.3. The van der Waals surface area contributed by atoms with Crippen LogP contribution in [0, 0.1) is 5.92 Å². The third-order valence-electron chi connectivity index (χ3n) is 4.62. The summed E-state index contributed by atoms with van der Waals surface area (Å²) in [6.45, 7) is 3.77. The molecule has 1 amide bonds. The first-order chi connectivity index (χ1) is 9.83. The quantitative estimate of drug-likeness (QED) is 0.901. The standard InChI is InChI=1S/C15H24N4O/c20-15(5-9-18-10-7-16-12-18)19-8-2-3-13(11-19)14-4-1-6-17-14/h7,10,12-14,17H,1-6,8-9,11H2. The van der Waals surface area contributed by atoms with Gasteiger partial charge in [-0.05, 0) is 38.1 Å². The van der Waals surface area contributed by atoms with Crippen LogP contribution in [-0.4, -0.2) is 46.0 Å². The Morgan fingerprint density at radius 3 is 3.05 bits per heavy atom. The predicted octanol–water partition coefficient (Wildman–Crippen LogP) is 1.26. The van der Waals surface area contributed by atoms with Crippen LogP contribution in [0.2, 0.25) is 0 Å². The fraction of sp³-hybridized carbons (Fsp3) is 0.733. The van der Waals surface area contributed by atoms with Gasteiger partial charge >= 0.3 is 0 Å². The normalized spacial score (nSPS) is 26.9. The second-order valence-corrected chi connectivity index (χ2v) is 6.00. The summed E-state index contributed by atoms with van der Waals surface area (Å²) < 4.78 is 1.97. The number of imidazole rings is 1. The number of piperidine rings is 1. The number of nitrogens with one attached hydrogen (secondary N) is 1. The summed E-state index contributed by atoms with van der Waals surface area (Å²) in [5.74, 6) is 0.949. The fourth-order valence-corrected chi connectivity index (χ4v) is 3.48. The first kappa shape index (κ1) is 13.6. The van der Waals surface area contributed by atoms with Crippen LogP contribution < -0.4 is 5.32 Å². The molecule has 2 aliphatic rings. The molecule has 5 heteroatoms. The van der Waals surface area contributed by atoms with Crippen LogP contribution in [0.15, 0.2) is 18.7 Å². The van der Waals surface area contributed by atoms with Crippen molar-refractivity contribution >= 4 is 5.91 Å². The summed E-state index contributed by atoms with van der Waals surface area (Å²) in [4.78, 5) is 18.4. The minimum Gasteiger partial charge on any atom is -0.342 e. The number of rotatable bonds is 4. The highest BCUT2D eigenvalue weighted by Crippen LogP contribution is 2.25. The van der Waals surface area contributed by atoms with E-state index in [9.17, 15) is 4.79 Å². The van der Waals surface area contributed by atoms with E-state index in [1.807, 2.05) is 10.8 Å². The summed E-state index contributed by atoms with van der Waals surface area (Å²) in [6, 6.07) is 0.638. The van der Waals surface area contributed by atoms with E-state index < -0.39 is 0 Å². The Morgan fingerprint density at radius 2 is 2.30 bits per heavy atom. The summed E-state index contributed by atoms with van der Waals surface area (Å²) in [5, 5.41) is 3.59. The van der Waals surface area contributed by atoms with Crippen molar-refractivity contribution in [2.45, 2.75) is 44.7 Å². The van der Waals surface area contributed by atoms with E-state index in [2.05, 4.69) is 15.2 Å². The Balaban J connectivity index is 1.49. The predicted molar refractivity (Wildman–Crippen MR) is 77.2 cm³/mol. The van der Waals surface area contributed by atoms with Crippen molar-refractivity contribution in [1.82, 2.24) is 19.8 Å². The van der Waals surface area contributed by atoms with Gasteiger partial charge in [0.25, 0.3) is 0 Å². The molecular weight excluding hydrogens is 252 g/mol. The topological polar surface area (TPSA) is 50.2 Å². The van der Waals surface area contributed by atoms with E-state index in [1.54, 1.807) is 12.5 Å². The zero-order valence-corrected chi connectivity index (χ0v) is 12.0. The molecule has 2 saturated heterocycles. The van der Waals surface area contributed by atoms with Gasteiger partial charge in [-0.2, -0.15) is 0 Å². The van der Waals surface area contributed by atoms with E-state index in [0.29, 0.717) is 24.3 Å². The average molecular weight is 276 g/mol. The van der Waals surface area contributed by atoms with E-state index in [1.165, 1.54) is 19.3 Å². The Kier molecular flexibility index (Phi) is 4.35. The van der Waals surface area contributed by atoms with Crippen molar-refractivity contribution in [3.05, 3.63) is 18.7 Å². The first-order valence-corrected chi connectivity index (χ1v) is 7.80. The SMILES string of the molecule is O=C(CCn1ccnc1)N1CCCC(C2CCCN2)C1. The van der Waals surface area contributed by atoms with Crippen molar-refractivity contribution < 1.29 is 4.79 Å². The zero-order valence-electron chi connectivity index (χ0n) is 12.0. The number of hydrogen-bond acceptors (Lipinski definition) is 3. The summed E-state index contributed by atoms with van der Waals surface area (Å²) >= 11 is 0. The van der Waals surface area contributed by atoms with Gasteiger partial charge in [-0.3, -0.25) is 4.79 Å². The second kappa shape index (κ2) is 6.39. The van der Waals surface area contributed by atoms with Gasteiger partial charge in [0, 0.05) is 44.5 Å². The van der Waals surface area contributed by atoms with Crippen molar-refractivity contribution in [3.63, 3.8) is 0 Å². The molecule has 0 bridgehead atoms. The first-order valence-electron chi connectivity index (χ1n) is 7.80. The van der Waals surface area contributed by atoms with Crippen LogP contribution >= 0.6 is 0 Å². The van der Waals surface area contributed by atoms with Gasteiger partial charge in [0.1, 0.15) is 0 Å². The van der Waals surface area contributed by atoms with E-state index >= 15 is 0 Å². The minimum atomic E-state index is 0.293. The monoisotopic (exact) mass is 276 g/mol. The molecule has 3 rings (SSSR count). The van der Waals surface area contributed by atoms with Crippen LogP contribution in [0.1, 0.15) is 32.1 Å². The number of hydrogen-bond donors (Lipinski definition) is 1. The van der Waals surface area contributed by atoms with Crippen molar-refractivity contribution in [2.75, 3.05) is 19.6 Å². The number of amides is 1. The molecular formula is C15H24N4O. The smallest absolute Gasteiger partial charge is 0.224 e. The van der Waals surface area contributed by atoms with Gasteiger partial charge < -0.3 is 14.8 Å². The molecule has 0 saturated carbocycles. The Bertz CT molecular complexity index is 425. The Labute approximate surface area is 120 Å². The maximum atomic E-state index is 12.3. The van der Waals surface area contributed by atoms with Gasteiger partial charge in [0.15, 0.2) is 0 Å². The third-order valence-corrected chi connectivity index (χ3v) is 4.62. The lowest BCUT2D eigenvalue weighted by Crippen LogP contribution is -2.46. The molecule has 2 fully saturated rings. The number of carbonyl (C=O) groups is 1. The average Bonchev–Trinajstić information content (AvgIpc) is 3.18. The highest BCUT2D eigenvalue weighted by Gasteiger charge is 2.30. The molecule has 0 aromatic carbocycles. The molecule has 2 atom stereocenters. The number of aryl methyl sites for hydroxylation is 1.